The van der Waals surface area contributed by atoms with Gasteiger partial charge in [-0.15, -0.1) is 0 Å². The standard InChI is InChI=1S/C14H16O2S/c1-14(2)9-11(15)8-13(10-14)17(16)12-6-4-3-5-7-12/h3-8H,9-10H2,1-2H3. The first kappa shape index (κ1) is 12.2. The van der Waals surface area contributed by atoms with E-state index in [2.05, 4.69) is 0 Å². The summed E-state index contributed by atoms with van der Waals surface area (Å²) < 4.78 is 12.3. The van der Waals surface area contributed by atoms with Crippen LogP contribution in [0.25, 0.3) is 0 Å². The van der Waals surface area contributed by atoms with Crippen LogP contribution in [0.1, 0.15) is 26.7 Å². The molecule has 0 N–H and O–H groups in total. The number of carbonyl (C=O) groups excluding carboxylic acids is 1. The molecule has 3 heteroatoms. The lowest BCUT2D eigenvalue weighted by Gasteiger charge is -2.28. The van der Waals surface area contributed by atoms with Gasteiger partial charge >= 0.3 is 0 Å². The van der Waals surface area contributed by atoms with Gasteiger partial charge in [-0.1, -0.05) is 32.0 Å². The first-order valence-electron chi connectivity index (χ1n) is 5.68. The lowest BCUT2D eigenvalue weighted by Crippen LogP contribution is -2.23. The highest BCUT2D eigenvalue weighted by Crippen LogP contribution is 2.36. The zero-order valence-electron chi connectivity index (χ0n) is 10.1. The first-order chi connectivity index (χ1) is 7.98. The molecule has 1 aliphatic carbocycles. The van der Waals surface area contributed by atoms with E-state index in [4.69, 9.17) is 0 Å². The van der Waals surface area contributed by atoms with Gasteiger partial charge < -0.3 is 0 Å². The Kier molecular flexibility index (Phi) is 3.29. The zero-order valence-corrected chi connectivity index (χ0v) is 10.9. The number of ketones is 1. The van der Waals surface area contributed by atoms with Crippen molar-refractivity contribution in [3.05, 3.63) is 41.3 Å². The van der Waals surface area contributed by atoms with Gasteiger partial charge in [0.05, 0.1) is 10.8 Å². The Balaban J connectivity index is 2.29. The highest BCUT2D eigenvalue weighted by atomic mass is 32.2. The van der Waals surface area contributed by atoms with E-state index >= 15 is 0 Å². The largest absolute Gasteiger partial charge is 0.295 e. The van der Waals surface area contributed by atoms with Crippen molar-refractivity contribution < 1.29 is 9.00 Å². The molecule has 2 rings (SSSR count). The smallest absolute Gasteiger partial charge is 0.157 e. The van der Waals surface area contributed by atoms with E-state index in [1.165, 1.54) is 0 Å². The molecule has 0 aliphatic heterocycles. The lowest BCUT2D eigenvalue weighted by atomic mass is 9.80. The van der Waals surface area contributed by atoms with Crippen molar-refractivity contribution in [1.29, 1.82) is 0 Å². The van der Waals surface area contributed by atoms with E-state index in [9.17, 15) is 9.00 Å². The van der Waals surface area contributed by atoms with Crippen LogP contribution >= 0.6 is 0 Å². The molecule has 0 saturated carbocycles. The van der Waals surface area contributed by atoms with Crippen LogP contribution in [0.3, 0.4) is 0 Å². The fourth-order valence-corrected chi connectivity index (χ4v) is 3.57. The van der Waals surface area contributed by atoms with E-state index in [-0.39, 0.29) is 11.2 Å². The summed E-state index contributed by atoms with van der Waals surface area (Å²) in [4.78, 5) is 13.1. The Hall–Kier alpha value is -1.22. The van der Waals surface area contributed by atoms with Crippen molar-refractivity contribution in [2.45, 2.75) is 31.6 Å². The number of carbonyl (C=O) groups is 1. The van der Waals surface area contributed by atoms with Crippen molar-refractivity contribution in [2.75, 3.05) is 0 Å². The van der Waals surface area contributed by atoms with Gasteiger partial charge in [0, 0.05) is 16.2 Å². The van der Waals surface area contributed by atoms with Crippen molar-refractivity contribution in [3.8, 4) is 0 Å². The second-order valence-corrected chi connectivity index (χ2v) is 6.71. The van der Waals surface area contributed by atoms with Gasteiger partial charge in [0.2, 0.25) is 0 Å². The zero-order chi connectivity index (χ0) is 12.5. The van der Waals surface area contributed by atoms with Crippen molar-refractivity contribution >= 4 is 16.6 Å². The van der Waals surface area contributed by atoms with Crippen molar-refractivity contribution in [3.63, 3.8) is 0 Å². The third-order valence-electron chi connectivity index (χ3n) is 2.82. The number of allylic oxidation sites excluding steroid dienone is 2. The molecule has 17 heavy (non-hydrogen) atoms. The Morgan fingerprint density at radius 1 is 1.12 bits per heavy atom. The number of hydrogen-bond donors (Lipinski definition) is 0. The Morgan fingerprint density at radius 3 is 2.35 bits per heavy atom. The summed E-state index contributed by atoms with van der Waals surface area (Å²) in [6.07, 6.45) is 2.83. The van der Waals surface area contributed by atoms with Gasteiger partial charge in [-0.25, -0.2) is 4.21 Å². The van der Waals surface area contributed by atoms with Gasteiger partial charge in [0.1, 0.15) is 0 Å². The van der Waals surface area contributed by atoms with E-state index in [0.29, 0.717) is 6.42 Å². The van der Waals surface area contributed by atoms with Crippen LogP contribution in [-0.4, -0.2) is 9.99 Å². The van der Waals surface area contributed by atoms with E-state index in [1.807, 2.05) is 44.2 Å². The van der Waals surface area contributed by atoms with Gasteiger partial charge in [-0.2, -0.15) is 0 Å². The topological polar surface area (TPSA) is 34.1 Å². The van der Waals surface area contributed by atoms with Gasteiger partial charge in [0.25, 0.3) is 0 Å². The molecule has 1 unspecified atom stereocenters. The summed E-state index contributed by atoms with van der Waals surface area (Å²) in [5, 5.41) is 0. The predicted octanol–water partition coefficient (Wildman–Crippen LogP) is 3.07. The SMILES string of the molecule is CC1(C)CC(=O)C=C(S(=O)c2ccccc2)C1. The summed E-state index contributed by atoms with van der Waals surface area (Å²) in [5.41, 5.74) is -0.0778. The highest BCUT2D eigenvalue weighted by molar-refractivity contribution is 7.89. The van der Waals surface area contributed by atoms with Crippen LogP contribution in [0.15, 0.2) is 46.2 Å². The highest BCUT2D eigenvalue weighted by Gasteiger charge is 2.30. The molecule has 0 fully saturated rings. The van der Waals surface area contributed by atoms with E-state index in [1.54, 1.807) is 6.08 Å². The van der Waals surface area contributed by atoms with Crippen LogP contribution in [0.5, 0.6) is 0 Å². The molecule has 0 spiro atoms. The summed E-state index contributed by atoms with van der Waals surface area (Å²) in [5.74, 6) is 0.0838. The molecule has 0 amide bonds. The average Bonchev–Trinajstić information content (AvgIpc) is 2.26. The number of benzene rings is 1. The van der Waals surface area contributed by atoms with Crippen LogP contribution in [0.2, 0.25) is 0 Å². The Bertz CT molecular complexity index is 486. The summed E-state index contributed by atoms with van der Waals surface area (Å²) in [6.45, 7) is 4.08. The molecule has 1 aromatic rings. The second-order valence-electron chi connectivity index (χ2n) is 5.18. The Labute approximate surface area is 104 Å². The van der Waals surface area contributed by atoms with Crippen LogP contribution < -0.4 is 0 Å². The van der Waals surface area contributed by atoms with Gasteiger partial charge in [0.15, 0.2) is 5.78 Å². The quantitative estimate of drug-likeness (QED) is 0.806. The van der Waals surface area contributed by atoms with E-state index in [0.717, 1.165) is 16.2 Å². The fraction of sp³-hybridized carbons (Fsp3) is 0.357. The minimum Gasteiger partial charge on any atom is -0.295 e. The molecule has 90 valence electrons. The predicted molar refractivity (Wildman–Crippen MR) is 69.0 cm³/mol. The molecule has 1 aromatic carbocycles. The molecule has 0 saturated heterocycles. The molecule has 2 nitrogen and oxygen atoms in total. The summed E-state index contributed by atoms with van der Waals surface area (Å²) in [7, 11) is -1.20. The molecular formula is C14H16O2S. The molecule has 0 heterocycles. The molecule has 0 aromatic heterocycles. The maximum absolute atomic E-state index is 12.3. The normalized spacial score (nSPS) is 20.8. The first-order valence-corrected chi connectivity index (χ1v) is 6.83. The summed E-state index contributed by atoms with van der Waals surface area (Å²) in [6, 6.07) is 9.30. The lowest BCUT2D eigenvalue weighted by molar-refractivity contribution is -0.116. The Morgan fingerprint density at radius 2 is 1.76 bits per heavy atom. The average molecular weight is 248 g/mol. The number of rotatable bonds is 2. The van der Waals surface area contributed by atoms with Crippen molar-refractivity contribution in [2.24, 2.45) is 5.41 Å². The maximum atomic E-state index is 12.3. The molecule has 1 aliphatic rings. The molecule has 0 radical (unpaired) electrons. The summed E-state index contributed by atoms with van der Waals surface area (Å²) >= 11 is 0. The maximum Gasteiger partial charge on any atom is 0.157 e. The van der Waals surface area contributed by atoms with Crippen LogP contribution in [0, 0.1) is 5.41 Å². The molecule has 1 atom stereocenters. The minimum absolute atomic E-state index is 0.0778. The van der Waals surface area contributed by atoms with Gasteiger partial charge in [-0.3, -0.25) is 4.79 Å². The minimum atomic E-state index is -1.20. The third kappa shape index (κ3) is 2.91. The molecular weight excluding hydrogens is 232 g/mol. The second kappa shape index (κ2) is 4.57. The monoisotopic (exact) mass is 248 g/mol. The van der Waals surface area contributed by atoms with Crippen LogP contribution in [0.4, 0.5) is 0 Å². The number of hydrogen-bond acceptors (Lipinski definition) is 2. The van der Waals surface area contributed by atoms with Gasteiger partial charge in [-0.05, 0) is 30.0 Å². The molecule has 0 bridgehead atoms. The third-order valence-corrected chi connectivity index (χ3v) is 4.26. The van der Waals surface area contributed by atoms with Crippen LogP contribution in [-0.2, 0) is 15.6 Å². The van der Waals surface area contributed by atoms with E-state index < -0.39 is 10.8 Å². The van der Waals surface area contributed by atoms with Crippen molar-refractivity contribution in [1.82, 2.24) is 0 Å². The fourth-order valence-electron chi connectivity index (χ4n) is 2.10.